The highest BCUT2D eigenvalue weighted by atomic mass is 16.5. The molecular formula is C15H19N3O3. The molecule has 1 rings (SSSR count). The maximum Gasteiger partial charge on any atom is 0.254 e. The van der Waals surface area contributed by atoms with Gasteiger partial charge in [-0.2, -0.15) is 10.4 Å². The van der Waals surface area contributed by atoms with Crippen LogP contribution >= 0.6 is 0 Å². The van der Waals surface area contributed by atoms with Gasteiger partial charge in [0.25, 0.3) is 5.91 Å². The molecule has 0 aliphatic carbocycles. The Hall–Kier alpha value is -2.55. The first-order valence-electron chi connectivity index (χ1n) is 6.56. The van der Waals surface area contributed by atoms with E-state index in [4.69, 9.17) is 14.7 Å². The number of hydrogen-bond acceptors (Lipinski definition) is 5. The second-order valence-corrected chi connectivity index (χ2v) is 4.74. The van der Waals surface area contributed by atoms with Crippen molar-refractivity contribution in [3.05, 3.63) is 23.8 Å². The summed E-state index contributed by atoms with van der Waals surface area (Å²) < 4.78 is 10.9. The number of ether oxygens (including phenoxy) is 2. The lowest BCUT2D eigenvalue weighted by Crippen LogP contribution is -2.16. The van der Waals surface area contributed by atoms with Crippen molar-refractivity contribution in [2.24, 2.45) is 11.0 Å². The fourth-order valence-electron chi connectivity index (χ4n) is 1.43. The SMILES string of the molecule is COc1cc(/C=N/NC(=O)CC#N)ccc1OCC(C)C. The van der Waals surface area contributed by atoms with Crippen LogP contribution in [-0.4, -0.2) is 25.8 Å². The van der Waals surface area contributed by atoms with Crippen molar-refractivity contribution in [1.82, 2.24) is 5.43 Å². The third-order valence-corrected chi connectivity index (χ3v) is 2.40. The van der Waals surface area contributed by atoms with Crippen LogP contribution in [-0.2, 0) is 4.79 Å². The van der Waals surface area contributed by atoms with Gasteiger partial charge in [0.1, 0.15) is 6.42 Å². The molecule has 0 saturated carbocycles. The summed E-state index contributed by atoms with van der Waals surface area (Å²) in [6.45, 7) is 4.74. The van der Waals surface area contributed by atoms with E-state index in [1.54, 1.807) is 31.4 Å². The molecule has 0 aromatic heterocycles. The van der Waals surface area contributed by atoms with Crippen LogP contribution in [0.4, 0.5) is 0 Å². The van der Waals surface area contributed by atoms with Crippen LogP contribution in [0, 0.1) is 17.2 Å². The number of hydrazone groups is 1. The summed E-state index contributed by atoms with van der Waals surface area (Å²) in [5.41, 5.74) is 3.01. The largest absolute Gasteiger partial charge is 0.493 e. The Morgan fingerprint density at radius 2 is 2.24 bits per heavy atom. The van der Waals surface area contributed by atoms with Crippen LogP contribution in [0.15, 0.2) is 23.3 Å². The van der Waals surface area contributed by atoms with Crippen molar-refractivity contribution in [1.29, 1.82) is 5.26 Å². The van der Waals surface area contributed by atoms with Crippen molar-refractivity contribution in [3.8, 4) is 17.6 Å². The Labute approximate surface area is 124 Å². The topological polar surface area (TPSA) is 83.7 Å². The predicted molar refractivity (Wildman–Crippen MR) is 79.3 cm³/mol. The van der Waals surface area contributed by atoms with Gasteiger partial charge in [-0.3, -0.25) is 4.79 Å². The Morgan fingerprint density at radius 1 is 1.48 bits per heavy atom. The van der Waals surface area contributed by atoms with Crippen LogP contribution in [0.3, 0.4) is 0 Å². The lowest BCUT2D eigenvalue weighted by molar-refractivity contribution is -0.120. The van der Waals surface area contributed by atoms with Gasteiger partial charge >= 0.3 is 0 Å². The molecule has 0 saturated heterocycles. The first-order chi connectivity index (χ1) is 10.1. The van der Waals surface area contributed by atoms with Gasteiger partial charge in [-0.25, -0.2) is 5.43 Å². The van der Waals surface area contributed by atoms with Crippen LogP contribution < -0.4 is 14.9 Å². The fraction of sp³-hybridized carbons (Fsp3) is 0.400. The number of nitrogens with one attached hydrogen (secondary N) is 1. The molecule has 0 aliphatic rings. The molecule has 21 heavy (non-hydrogen) atoms. The maximum atomic E-state index is 11.1. The second-order valence-electron chi connectivity index (χ2n) is 4.74. The molecule has 6 heteroatoms. The standard InChI is InChI=1S/C15H19N3O3/c1-11(2)10-21-13-5-4-12(8-14(13)20-3)9-17-18-15(19)6-7-16/h4-5,8-9,11H,6,10H2,1-3H3,(H,18,19)/b17-9+. The summed E-state index contributed by atoms with van der Waals surface area (Å²) in [7, 11) is 1.56. The molecule has 6 nitrogen and oxygen atoms in total. The minimum absolute atomic E-state index is 0.220. The Balaban J connectivity index is 2.71. The summed E-state index contributed by atoms with van der Waals surface area (Å²) in [5, 5.41) is 12.1. The molecular weight excluding hydrogens is 270 g/mol. The van der Waals surface area contributed by atoms with E-state index in [-0.39, 0.29) is 6.42 Å². The number of carbonyl (C=O) groups excluding carboxylic acids is 1. The average molecular weight is 289 g/mol. The Kier molecular flexibility index (Phi) is 6.75. The van der Waals surface area contributed by atoms with E-state index in [1.165, 1.54) is 6.21 Å². The highest BCUT2D eigenvalue weighted by Crippen LogP contribution is 2.27. The molecule has 0 unspecified atom stereocenters. The molecule has 0 spiro atoms. The van der Waals surface area contributed by atoms with E-state index in [2.05, 4.69) is 24.4 Å². The van der Waals surface area contributed by atoms with Gasteiger partial charge in [0.05, 0.1) is 26.0 Å². The van der Waals surface area contributed by atoms with E-state index in [0.29, 0.717) is 24.0 Å². The van der Waals surface area contributed by atoms with Gasteiger partial charge < -0.3 is 9.47 Å². The molecule has 0 aliphatic heterocycles. The van der Waals surface area contributed by atoms with E-state index in [9.17, 15) is 4.79 Å². The first kappa shape index (κ1) is 16.5. The number of nitrogens with zero attached hydrogens (tertiary/aromatic N) is 2. The number of methoxy groups -OCH3 is 1. The minimum atomic E-state index is -0.447. The number of amides is 1. The van der Waals surface area contributed by atoms with Crippen LogP contribution in [0.5, 0.6) is 11.5 Å². The zero-order valence-electron chi connectivity index (χ0n) is 12.4. The van der Waals surface area contributed by atoms with Crippen molar-refractivity contribution in [3.63, 3.8) is 0 Å². The van der Waals surface area contributed by atoms with Crippen LogP contribution in [0.2, 0.25) is 0 Å². The molecule has 1 aromatic rings. The molecule has 0 bridgehead atoms. The van der Waals surface area contributed by atoms with Crippen molar-refractivity contribution < 1.29 is 14.3 Å². The average Bonchev–Trinajstić information content (AvgIpc) is 2.45. The van der Waals surface area contributed by atoms with Gasteiger partial charge in [-0.15, -0.1) is 0 Å². The van der Waals surface area contributed by atoms with Gasteiger partial charge in [0.2, 0.25) is 0 Å². The molecule has 0 heterocycles. The summed E-state index contributed by atoms with van der Waals surface area (Å²) >= 11 is 0. The third kappa shape index (κ3) is 5.95. The molecule has 112 valence electrons. The van der Waals surface area contributed by atoms with Gasteiger partial charge in [0.15, 0.2) is 11.5 Å². The Morgan fingerprint density at radius 3 is 2.86 bits per heavy atom. The normalized spacial score (nSPS) is 10.4. The van der Waals surface area contributed by atoms with Crippen LogP contribution in [0.1, 0.15) is 25.8 Å². The second kappa shape index (κ2) is 8.59. The molecule has 0 fully saturated rings. The van der Waals surface area contributed by atoms with Crippen molar-refractivity contribution in [2.45, 2.75) is 20.3 Å². The molecule has 1 amide bonds. The van der Waals surface area contributed by atoms with Crippen molar-refractivity contribution in [2.75, 3.05) is 13.7 Å². The third-order valence-electron chi connectivity index (χ3n) is 2.40. The highest BCUT2D eigenvalue weighted by molar-refractivity contribution is 5.83. The van der Waals surface area contributed by atoms with Gasteiger partial charge in [-0.05, 0) is 29.7 Å². The smallest absolute Gasteiger partial charge is 0.254 e. The highest BCUT2D eigenvalue weighted by Gasteiger charge is 2.06. The minimum Gasteiger partial charge on any atom is -0.493 e. The fourth-order valence-corrected chi connectivity index (χ4v) is 1.43. The summed E-state index contributed by atoms with van der Waals surface area (Å²) in [4.78, 5) is 11.1. The number of carbonyl (C=O) groups is 1. The first-order valence-corrected chi connectivity index (χ1v) is 6.56. The lowest BCUT2D eigenvalue weighted by atomic mass is 10.2. The Bertz CT molecular complexity index is 548. The summed E-state index contributed by atoms with van der Waals surface area (Å²) in [5.74, 6) is 1.24. The summed E-state index contributed by atoms with van der Waals surface area (Å²) in [6.07, 6.45) is 1.26. The molecule has 0 atom stereocenters. The number of rotatable bonds is 7. The quantitative estimate of drug-likeness (QED) is 0.615. The number of nitriles is 1. The number of benzene rings is 1. The zero-order chi connectivity index (χ0) is 15.7. The van der Waals surface area contributed by atoms with Crippen LogP contribution in [0.25, 0.3) is 0 Å². The van der Waals surface area contributed by atoms with E-state index in [1.807, 2.05) is 0 Å². The number of hydrogen-bond donors (Lipinski definition) is 1. The summed E-state index contributed by atoms with van der Waals surface area (Å²) in [6, 6.07) is 7.10. The van der Waals surface area contributed by atoms with Crippen molar-refractivity contribution >= 4 is 12.1 Å². The van der Waals surface area contributed by atoms with E-state index in [0.717, 1.165) is 5.56 Å². The lowest BCUT2D eigenvalue weighted by Gasteiger charge is -2.12. The van der Waals surface area contributed by atoms with Gasteiger partial charge in [-0.1, -0.05) is 13.8 Å². The zero-order valence-corrected chi connectivity index (χ0v) is 12.4. The predicted octanol–water partition coefficient (Wildman–Crippen LogP) is 2.09. The molecule has 1 N–H and O–H groups in total. The molecule has 1 aromatic carbocycles. The maximum absolute atomic E-state index is 11.1. The van der Waals surface area contributed by atoms with Gasteiger partial charge in [0, 0.05) is 0 Å². The monoisotopic (exact) mass is 289 g/mol. The van der Waals surface area contributed by atoms with E-state index >= 15 is 0 Å². The molecule has 0 radical (unpaired) electrons. The van der Waals surface area contributed by atoms with E-state index < -0.39 is 5.91 Å².